The van der Waals surface area contributed by atoms with Gasteiger partial charge in [-0.3, -0.25) is 0 Å². The van der Waals surface area contributed by atoms with Gasteiger partial charge in [0.05, 0.1) is 13.2 Å². The van der Waals surface area contributed by atoms with Crippen LogP contribution in [0.1, 0.15) is 52.4 Å². The zero-order chi connectivity index (χ0) is 12.1. The van der Waals surface area contributed by atoms with Gasteiger partial charge < -0.3 is 14.6 Å². The van der Waals surface area contributed by atoms with Gasteiger partial charge in [-0.1, -0.05) is 39.0 Å². The highest BCUT2D eigenvalue weighted by Gasteiger charge is 2.21. The molecule has 0 aromatic rings. The van der Waals surface area contributed by atoms with Crippen LogP contribution in [-0.4, -0.2) is 37.6 Å². The van der Waals surface area contributed by atoms with Crippen molar-refractivity contribution in [1.82, 2.24) is 0 Å². The number of hydrogen-bond donors (Lipinski definition) is 1. The summed E-state index contributed by atoms with van der Waals surface area (Å²) in [6.45, 7) is 6.83. The lowest BCUT2D eigenvalue weighted by molar-refractivity contribution is 0.113. The van der Waals surface area contributed by atoms with Crippen LogP contribution in [0.3, 0.4) is 0 Å². The molecule has 0 amide bonds. The van der Waals surface area contributed by atoms with Crippen LogP contribution < -0.4 is 0 Å². The van der Waals surface area contributed by atoms with E-state index >= 15 is 0 Å². The maximum Gasteiger partial charge on any atom is 0.104 e. The first kappa shape index (κ1) is 15.9. The zero-order valence-electron chi connectivity index (χ0n) is 10.9. The Labute approximate surface area is 100 Å². The molecule has 0 aromatic heterocycles. The monoisotopic (exact) mass is 232 g/mol. The molecule has 1 saturated heterocycles. The van der Waals surface area contributed by atoms with Crippen molar-refractivity contribution in [3.63, 3.8) is 0 Å². The van der Waals surface area contributed by atoms with E-state index in [1.807, 2.05) is 0 Å². The molecule has 0 radical (unpaired) electrons. The lowest BCUT2D eigenvalue weighted by Crippen LogP contribution is -2.02. The highest BCUT2D eigenvalue weighted by Crippen LogP contribution is 2.09. The Morgan fingerprint density at radius 3 is 2.25 bits per heavy atom. The second-order valence-corrected chi connectivity index (χ2v) is 4.11. The summed E-state index contributed by atoms with van der Waals surface area (Å²) in [6.07, 6.45) is 8.45. The van der Waals surface area contributed by atoms with Crippen LogP contribution in [0, 0.1) is 0 Å². The summed E-state index contributed by atoms with van der Waals surface area (Å²) in [6, 6.07) is 0. The minimum absolute atomic E-state index is 0.250. The molecule has 1 fully saturated rings. The smallest absolute Gasteiger partial charge is 0.104 e. The zero-order valence-corrected chi connectivity index (χ0v) is 10.9. The lowest BCUT2D eigenvalue weighted by Gasteiger charge is -2.01. The highest BCUT2D eigenvalue weighted by atomic mass is 16.6. The normalized spacial score (nSPS) is 17.8. The molecule has 0 aromatic carbocycles. The Kier molecular flexibility index (Phi) is 12.9. The minimum Gasteiger partial charge on any atom is -0.397 e. The second kappa shape index (κ2) is 12.9. The van der Waals surface area contributed by atoms with Gasteiger partial charge in [0, 0.05) is 13.2 Å². The van der Waals surface area contributed by atoms with Crippen molar-refractivity contribution >= 4 is 0 Å². The predicted octanol–water partition coefficient (Wildman–Crippen LogP) is 2.76. The molecule has 0 bridgehead atoms. The van der Waals surface area contributed by atoms with Crippen molar-refractivity contribution in [2.45, 2.75) is 58.5 Å². The summed E-state index contributed by atoms with van der Waals surface area (Å²) < 4.78 is 10.5. The van der Waals surface area contributed by atoms with Crippen LogP contribution in [0.15, 0.2) is 0 Å². The fraction of sp³-hybridized carbons (Fsp3) is 1.00. The summed E-state index contributed by atoms with van der Waals surface area (Å²) in [7, 11) is 0. The lowest BCUT2D eigenvalue weighted by atomic mass is 10.1. The molecule has 1 aliphatic heterocycles. The number of rotatable bonds is 9. The average molecular weight is 232 g/mol. The number of ether oxygens (including phenoxy) is 2. The molecule has 1 heterocycles. The summed E-state index contributed by atoms with van der Waals surface area (Å²) >= 11 is 0. The molecule has 16 heavy (non-hydrogen) atoms. The summed E-state index contributed by atoms with van der Waals surface area (Å²) in [5, 5.41) is 7.57. The maximum absolute atomic E-state index is 7.57. The van der Waals surface area contributed by atoms with Crippen LogP contribution in [0.4, 0.5) is 0 Å². The third-order valence-corrected chi connectivity index (χ3v) is 2.35. The van der Waals surface area contributed by atoms with Crippen molar-refractivity contribution in [3.05, 3.63) is 0 Å². The van der Waals surface area contributed by atoms with E-state index in [-0.39, 0.29) is 6.61 Å². The van der Waals surface area contributed by atoms with Crippen molar-refractivity contribution in [3.8, 4) is 0 Å². The molecule has 3 heteroatoms. The predicted molar refractivity (Wildman–Crippen MR) is 66.7 cm³/mol. The third kappa shape index (κ3) is 13.9. The van der Waals surface area contributed by atoms with Gasteiger partial charge in [-0.05, 0) is 13.3 Å². The summed E-state index contributed by atoms with van der Waals surface area (Å²) in [4.78, 5) is 0. The van der Waals surface area contributed by atoms with E-state index in [9.17, 15) is 0 Å². The first-order valence-electron chi connectivity index (χ1n) is 6.65. The molecule has 0 spiro atoms. The first-order chi connectivity index (χ1) is 7.85. The number of hydrogen-bond acceptors (Lipinski definition) is 3. The fourth-order valence-electron chi connectivity index (χ4n) is 1.36. The van der Waals surface area contributed by atoms with Gasteiger partial charge in [0.15, 0.2) is 0 Å². The Bertz CT molecular complexity index is 124. The van der Waals surface area contributed by atoms with Gasteiger partial charge in [-0.2, -0.15) is 0 Å². The molecule has 1 aliphatic rings. The van der Waals surface area contributed by atoms with E-state index in [0.717, 1.165) is 19.8 Å². The Hall–Kier alpha value is -0.120. The van der Waals surface area contributed by atoms with Gasteiger partial charge in [-0.15, -0.1) is 0 Å². The largest absolute Gasteiger partial charge is 0.397 e. The van der Waals surface area contributed by atoms with Gasteiger partial charge >= 0.3 is 0 Å². The topological polar surface area (TPSA) is 42.0 Å². The molecule has 0 aliphatic carbocycles. The van der Waals surface area contributed by atoms with Crippen LogP contribution in [0.5, 0.6) is 0 Å². The van der Waals surface area contributed by atoms with E-state index < -0.39 is 0 Å². The Morgan fingerprint density at radius 1 is 1.12 bits per heavy atom. The minimum atomic E-state index is 0.250. The molecular formula is C13H28O3. The van der Waals surface area contributed by atoms with E-state index in [1.165, 1.54) is 38.5 Å². The number of aliphatic hydroxyl groups excluding tert-OH is 1. The van der Waals surface area contributed by atoms with Crippen molar-refractivity contribution in [2.24, 2.45) is 0 Å². The van der Waals surface area contributed by atoms with Gasteiger partial charge in [0.2, 0.25) is 0 Å². The van der Waals surface area contributed by atoms with Gasteiger partial charge in [-0.25, -0.2) is 0 Å². The molecule has 1 rings (SSSR count). The average Bonchev–Trinajstić information content (AvgIpc) is 3.07. The van der Waals surface area contributed by atoms with Crippen molar-refractivity contribution in [1.29, 1.82) is 0 Å². The molecule has 0 saturated carbocycles. The third-order valence-electron chi connectivity index (χ3n) is 2.35. The van der Waals surface area contributed by atoms with E-state index in [4.69, 9.17) is 14.6 Å². The van der Waals surface area contributed by atoms with E-state index in [1.54, 1.807) is 6.92 Å². The molecule has 1 N–H and O–H groups in total. The molecule has 1 atom stereocenters. The second-order valence-electron chi connectivity index (χ2n) is 4.11. The molecule has 3 nitrogen and oxygen atoms in total. The summed E-state index contributed by atoms with van der Waals surface area (Å²) in [5.74, 6) is 0. The fourth-order valence-corrected chi connectivity index (χ4v) is 1.36. The molecule has 1 unspecified atom stereocenters. The SMILES string of the molecule is CCCCCCCCOCC1CO1.CCO. The van der Waals surface area contributed by atoms with Gasteiger partial charge in [0.25, 0.3) is 0 Å². The number of epoxide rings is 1. The Morgan fingerprint density at radius 2 is 1.69 bits per heavy atom. The van der Waals surface area contributed by atoms with Gasteiger partial charge in [0.1, 0.15) is 6.10 Å². The van der Waals surface area contributed by atoms with Crippen LogP contribution >= 0.6 is 0 Å². The first-order valence-corrected chi connectivity index (χ1v) is 6.65. The van der Waals surface area contributed by atoms with Crippen LogP contribution in [-0.2, 0) is 9.47 Å². The quantitative estimate of drug-likeness (QED) is 0.491. The van der Waals surface area contributed by atoms with Crippen molar-refractivity contribution < 1.29 is 14.6 Å². The van der Waals surface area contributed by atoms with Crippen molar-refractivity contribution in [2.75, 3.05) is 26.4 Å². The molecule has 98 valence electrons. The highest BCUT2D eigenvalue weighted by molar-refractivity contribution is 4.66. The Balaban J connectivity index is 0.000000673. The van der Waals surface area contributed by atoms with E-state index in [2.05, 4.69) is 6.92 Å². The molecular weight excluding hydrogens is 204 g/mol. The number of unbranched alkanes of at least 4 members (excludes halogenated alkanes) is 5. The maximum atomic E-state index is 7.57. The standard InChI is InChI=1S/C11H22O2.C2H6O/c1-2-3-4-5-6-7-8-12-9-11-10-13-11;1-2-3/h11H,2-10H2,1H3;3H,2H2,1H3. The van der Waals surface area contributed by atoms with Crippen LogP contribution in [0.2, 0.25) is 0 Å². The van der Waals surface area contributed by atoms with E-state index in [0.29, 0.717) is 6.10 Å². The number of aliphatic hydroxyl groups is 1. The summed E-state index contributed by atoms with van der Waals surface area (Å²) in [5.41, 5.74) is 0. The van der Waals surface area contributed by atoms with Crippen LogP contribution in [0.25, 0.3) is 0 Å².